The van der Waals surface area contributed by atoms with Gasteiger partial charge in [-0.1, -0.05) is 18.2 Å². The normalized spacial score (nSPS) is 13.4. The molecular weight excluding hydrogens is 392 g/mol. The maximum atomic E-state index is 13.2. The number of aromatic amines is 1. The van der Waals surface area contributed by atoms with Crippen molar-refractivity contribution < 1.29 is 31.1 Å². The fourth-order valence-corrected chi connectivity index (χ4v) is 2.07. The Morgan fingerprint density at radius 1 is 1.18 bits per heavy atom. The predicted molar refractivity (Wildman–Crippen MR) is 86.2 cm³/mol. The first-order valence-corrected chi connectivity index (χ1v) is 7.51. The molecule has 1 N–H and O–H groups in total. The van der Waals surface area contributed by atoms with Crippen molar-refractivity contribution in [2.45, 2.75) is 25.4 Å². The van der Waals surface area contributed by atoms with Crippen LogP contribution in [0.5, 0.6) is 5.75 Å². The molecule has 0 radical (unpaired) electrons. The number of nitriles is 1. The summed E-state index contributed by atoms with van der Waals surface area (Å²) < 4.78 is 79.4. The van der Waals surface area contributed by atoms with Crippen LogP contribution in [0.15, 0.2) is 29.1 Å². The van der Waals surface area contributed by atoms with Crippen molar-refractivity contribution in [2.24, 2.45) is 0 Å². The molecule has 0 aliphatic rings. The second-order valence-electron chi connectivity index (χ2n) is 5.52. The van der Waals surface area contributed by atoms with Gasteiger partial charge in [-0.25, -0.2) is 9.49 Å². The average molecular weight is 403 g/mol. The topological polar surface area (TPSA) is 78.8 Å². The monoisotopic (exact) mass is 403 g/mol. The summed E-state index contributed by atoms with van der Waals surface area (Å²) in [5, 5.41) is 14.8. The number of alkyl halides is 6. The van der Waals surface area contributed by atoms with Gasteiger partial charge in [0.2, 0.25) is 0 Å². The van der Waals surface area contributed by atoms with Crippen LogP contribution in [-0.2, 0) is 0 Å². The number of H-pyrrole nitrogens is 1. The molecule has 1 heterocycles. The lowest BCUT2D eigenvalue weighted by Gasteiger charge is -2.23. The van der Waals surface area contributed by atoms with E-state index in [-0.39, 0.29) is 11.3 Å². The number of benzene rings is 1. The summed E-state index contributed by atoms with van der Waals surface area (Å²) in [5.41, 5.74) is 0.238. The summed E-state index contributed by atoms with van der Waals surface area (Å²) in [6.45, 7) is 1.51. The van der Waals surface area contributed by atoms with Gasteiger partial charge in [-0.05, 0) is 36.3 Å². The van der Waals surface area contributed by atoms with Crippen LogP contribution < -0.4 is 10.3 Å². The zero-order valence-electron chi connectivity index (χ0n) is 14.0. The van der Waals surface area contributed by atoms with E-state index in [0.717, 1.165) is 12.1 Å². The van der Waals surface area contributed by atoms with Gasteiger partial charge in [-0.3, -0.25) is 4.79 Å². The lowest BCUT2D eigenvalue weighted by Crippen LogP contribution is -2.45. The highest BCUT2D eigenvalue weighted by Gasteiger charge is 2.59. The van der Waals surface area contributed by atoms with E-state index >= 15 is 0 Å². The van der Waals surface area contributed by atoms with Gasteiger partial charge in [-0.15, -0.1) is 0 Å². The van der Waals surface area contributed by atoms with E-state index < -0.39 is 29.8 Å². The molecule has 0 saturated heterocycles. The van der Waals surface area contributed by atoms with Crippen LogP contribution >= 0.6 is 0 Å². The van der Waals surface area contributed by atoms with E-state index in [9.17, 15) is 31.1 Å². The molecule has 11 heteroatoms. The van der Waals surface area contributed by atoms with Gasteiger partial charge in [-0.2, -0.15) is 32.3 Å². The Bertz CT molecular complexity index is 974. The Labute approximate surface area is 153 Å². The molecule has 2 rings (SSSR count). The van der Waals surface area contributed by atoms with E-state index in [2.05, 4.69) is 14.9 Å². The van der Waals surface area contributed by atoms with Gasteiger partial charge in [0.15, 0.2) is 0 Å². The Kier molecular flexibility index (Phi) is 5.82. The van der Waals surface area contributed by atoms with E-state index in [1.807, 2.05) is 0 Å². The molecular formula is C17H11F6N3O2. The van der Waals surface area contributed by atoms with Crippen LogP contribution in [0.2, 0.25) is 0 Å². The molecule has 0 amide bonds. The molecule has 1 aromatic carbocycles. The Morgan fingerprint density at radius 2 is 1.79 bits per heavy atom. The van der Waals surface area contributed by atoms with Crippen molar-refractivity contribution in [3.8, 4) is 11.8 Å². The number of ether oxygens (including phenoxy) is 1. The van der Waals surface area contributed by atoms with Crippen molar-refractivity contribution in [3.05, 3.63) is 57.0 Å². The third kappa shape index (κ3) is 4.70. The number of nitrogens with one attached hydrogen (secondary N) is 1. The zero-order chi connectivity index (χ0) is 21.1. The van der Waals surface area contributed by atoms with Crippen LogP contribution in [0, 0.1) is 18.3 Å². The fourth-order valence-electron chi connectivity index (χ4n) is 2.07. The Morgan fingerprint density at radius 3 is 2.32 bits per heavy atom. The third-order valence-electron chi connectivity index (χ3n) is 3.53. The number of hydrogen-bond donors (Lipinski definition) is 1. The summed E-state index contributed by atoms with van der Waals surface area (Å²) in [6.07, 6.45) is -12.4. The summed E-state index contributed by atoms with van der Waals surface area (Å²) in [4.78, 5) is 11.4. The zero-order valence-corrected chi connectivity index (χ0v) is 14.0. The average Bonchev–Trinajstić information content (AvgIpc) is 2.61. The molecule has 0 fully saturated rings. The molecule has 1 atom stereocenters. The lowest BCUT2D eigenvalue weighted by atomic mass is 10.1. The van der Waals surface area contributed by atoms with Crippen LogP contribution in [0.1, 0.15) is 22.4 Å². The van der Waals surface area contributed by atoms with E-state index in [0.29, 0.717) is 11.1 Å². The molecule has 0 saturated carbocycles. The van der Waals surface area contributed by atoms with Crippen molar-refractivity contribution in [2.75, 3.05) is 0 Å². The van der Waals surface area contributed by atoms with E-state index in [4.69, 9.17) is 5.26 Å². The van der Waals surface area contributed by atoms with Crippen molar-refractivity contribution in [3.63, 3.8) is 0 Å². The van der Waals surface area contributed by atoms with Crippen LogP contribution in [0.4, 0.5) is 26.3 Å². The minimum atomic E-state index is -5.77. The predicted octanol–water partition coefficient (Wildman–Crippen LogP) is 3.99. The molecule has 1 aromatic heterocycles. The number of nitrogens with zero attached hydrogens (tertiary/aromatic N) is 2. The summed E-state index contributed by atoms with van der Waals surface area (Å²) in [6, 6.07) is 6.07. The molecule has 0 spiro atoms. The van der Waals surface area contributed by atoms with Gasteiger partial charge < -0.3 is 4.74 Å². The molecule has 5 nitrogen and oxygen atoms in total. The van der Waals surface area contributed by atoms with Crippen LogP contribution in [-0.4, -0.2) is 28.7 Å². The summed E-state index contributed by atoms with van der Waals surface area (Å²) >= 11 is 0. The third-order valence-corrected chi connectivity index (χ3v) is 3.53. The van der Waals surface area contributed by atoms with Gasteiger partial charge >= 0.3 is 12.3 Å². The number of aromatic nitrogens is 2. The van der Waals surface area contributed by atoms with Crippen molar-refractivity contribution >= 4 is 12.2 Å². The second-order valence-corrected chi connectivity index (χ2v) is 5.52. The maximum absolute atomic E-state index is 13.2. The SMILES string of the molecule is Cc1c(/C=C/c2ccc(OC(F)(F)[C@H](F)C(F)(F)F)cc2)n[nH]c(=O)c1C#N. The number of rotatable bonds is 5. The molecule has 0 unspecified atom stereocenters. The van der Waals surface area contributed by atoms with Gasteiger partial charge in [0.1, 0.15) is 17.4 Å². The number of hydrogen-bond acceptors (Lipinski definition) is 4. The van der Waals surface area contributed by atoms with Gasteiger partial charge in [0.25, 0.3) is 11.7 Å². The minimum Gasteiger partial charge on any atom is -0.430 e. The van der Waals surface area contributed by atoms with Crippen molar-refractivity contribution in [1.29, 1.82) is 5.26 Å². The smallest absolute Gasteiger partial charge is 0.430 e. The molecule has 0 bridgehead atoms. The van der Waals surface area contributed by atoms with Crippen LogP contribution in [0.25, 0.3) is 12.2 Å². The van der Waals surface area contributed by atoms with Crippen molar-refractivity contribution in [1.82, 2.24) is 10.2 Å². The lowest BCUT2D eigenvalue weighted by molar-refractivity contribution is -0.304. The Hall–Kier alpha value is -3.29. The summed E-state index contributed by atoms with van der Waals surface area (Å²) in [5.74, 6) is -0.667. The first kappa shape index (κ1) is 21.0. The maximum Gasteiger partial charge on any atom is 0.439 e. The highest BCUT2D eigenvalue weighted by atomic mass is 19.4. The molecule has 28 heavy (non-hydrogen) atoms. The van der Waals surface area contributed by atoms with Gasteiger partial charge in [0.05, 0.1) is 5.69 Å². The molecule has 2 aromatic rings. The highest BCUT2D eigenvalue weighted by Crippen LogP contribution is 2.36. The molecule has 0 aliphatic heterocycles. The van der Waals surface area contributed by atoms with Gasteiger partial charge in [0, 0.05) is 0 Å². The first-order chi connectivity index (χ1) is 13.0. The molecule has 148 valence electrons. The Balaban J connectivity index is 2.17. The standard InChI is InChI=1S/C17H11F6N3O2/c1-9-12(8-24)14(27)26-25-13(9)7-4-10-2-5-11(6-3-10)28-17(22,23)15(18)16(19,20)21/h2-7,15H,1H3,(H,26,27)/b7-4+/t15-/m1/s1. The fraction of sp³-hybridized carbons (Fsp3) is 0.235. The molecule has 0 aliphatic carbocycles. The van der Waals surface area contributed by atoms with Crippen LogP contribution in [0.3, 0.4) is 0 Å². The quantitative estimate of drug-likeness (QED) is 0.766. The number of halogens is 6. The minimum absolute atomic E-state index is 0.119. The van der Waals surface area contributed by atoms with E-state index in [1.54, 1.807) is 6.07 Å². The first-order valence-electron chi connectivity index (χ1n) is 7.51. The summed E-state index contributed by atoms with van der Waals surface area (Å²) in [7, 11) is 0. The second kappa shape index (κ2) is 7.75. The van der Waals surface area contributed by atoms with E-state index in [1.165, 1.54) is 31.2 Å². The highest BCUT2D eigenvalue weighted by molar-refractivity contribution is 5.70. The largest absolute Gasteiger partial charge is 0.439 e.